The van der Waals surface area contributed by atoms with Crippen molar-refractivity contribution in [3.05, 3.63) is 108 Å². The average Bonchev–Trinajstić information content (AvgIpc) is 3.31. The van der Waals surface area contributed by atoms with Gasteiger partial charge in [0, 0.05) is 30.1 Å². The molecule has 3 N–H and O–H groups in total. The number of carbonyl (C=O) groups is 3. The van der Waals surface area contributed by atoms with Crippen LogP contribution in [-0.4, -0.2) is 68.1 Å². The molecule has 0 saturated carbocycles. The predicted octanol–water partition coefficient (Wildman–Crippen LogP) is 8.71. The predicted molar refractivity (Wildman–Crippen MR) is 238 cm³/mol. The smallest absolute Gasteiger partial charge is 0.329 e. The molecule has 0 unspecified atom stereocenters. The van der Waals surface area contributed by atoms with E-state index < -0.39 is 57.3 Å². The number of fused-ring (bicyclic) bond motifs is 1. The Bertz CT molecular complexity index is 2170. The van der Waals surface area contributed by atoms with Crippen LogP contribution in [0.5, 0.6) is 11.5 Å². The summed E-state index contributed by atoms with van der Waals surface area (Å²) in [6.07, 6.45) is 7.25. The normalized spacial score (nSPS) is 15.5. The number of benzene rings is 4. The summed E-state index contributed by atoms with van der Waals surface area (Å²) in [4.78, 5) is 44.2. The molecule has 1 heterocycles. The first-order chi connectivity index (χ1) is 28.6. The fraction of sp³-hybridized carbons (Fsp3) is 0.426. The van der Waals surface area contributed by atoms with E-state index in [1.807, 2.05) is 42.7 Å². The topological polar surface area (TPSA) is 151 Å². The van der Waals surface area contributed by atoms with Gasteiger partial charge in [0.05, 0.1) is 21.2 Å². The van der Waals surface area contributed by atoms with E-state index in [4.69, 9.17) is 9.47 Å². The van der Waals surface area contributed by atoms with Gasteiger partial charge in [-0.15, -0.1) is 11.8 Å². The molecule has 0 fully saturated rings. The van der Waals surface area contributed by atoms with E-state index in [0.717, 1.165) is 44.2 Å². The van der Waals surface area contributed by atoms with Gasteiger partial charge in [-0.2, -0.15) is 0 Å². The third-order valence-electron chi connectivity index (χ3n) is 10.5. The fourth-order valence-corrected chi connectivity index (χ4v) is 10.2. The fourth-order valence-electron chi connectivity index (χ4n) is 7.56. The first-order valence-corrected chi connectivity index (χ1v) is 23.5. The van der Waals surface area contributed by atoms with Gasteiger partial charge in [-0.05, 0) is 81.3 Å². The standard InChI is InChI=1S/C47H59N3O8S2/c1-7-9-25-47(26-10-8-2)31-50(35-19-15-12-16-20-35)38-28-40(59-6)39(29-41(38)60(55,56)32-47)57-30-42(52)49-43(34-17-13-11-14-18-34)44(53)48-37(45(54)58-46(3,4)5)27-33-21-23-36(51)24-22-33/h11-24,28-29,37,43,51H,7-10,25-27,30-32H2,1-6H3,(H,48,53)(H,49,52)/t37-,43-/m1/s1. The number of hydrogen-bond acceptors (Lipinski definition) is 10. The van der Waals surface area contributed by atoms with E-state index in [0.29, 0.717) is 28.3 Å². The van der Waals surface area contributed by atoms with E-state index in [9.17, 15) is 27.9 Å². The van der Waals surface area contributed by atoms with Gasteiger partial charge in [-0.25, -0.2) is 13.2 Å². The van der Waals surface area contributed by atoms with Gasteiger partial charge >= 0.3 is 5.97 Å². The van der Waals surface area contributed by atoms with Crippen molar-refractivity contribution in [2.75, 3.05) is 30.1 Å². The zero-order valence-electron chi connectivity index (χ0n) is 35.5. The lowest BCUT2D eigenvalue weighted by atomic mass is 9.79. The van der Waals surface area contributed by atoms with Crippen LogP contribution in [-0.2, 0) is 35.4 Å². The third-order valence-corrected chi connectivity index (χ3v) is 13.2. The molecular weight excluding hydrogens is 799 g/mol. The number of anilines is 2. The van der Waals surface area contributed by atoms with Crippen molar-refractivity contribution in [2.45, 2.75) is 107 Å². The van der Waals surface area contributed by atoms with Crippen molar-refractivity contribution >= 4 is 50.8 Å². The molecule has 1 aliphatic rings. The zero-order valence-corrected chi connectivity index (χ0v) is 37.2. The molecule has 0 aliphatic carbocycles. The molecule has 4 aromatic rings. The summed E-state index contributed by atoms with van der Waals surface area (Å²) in [5.41, 5.74) is 1.30. The molecule has 60 heavy (non-hydrogen) atoms. The number of carbonyl (C=O) groups excluding carboxylic acids is 3. The highest BCUT2D eigenvalue weighted by Gasteiger charge is 2.43. The number of rotatable bonds is 18. The van der Waals surface area contributed by atoms with Gasteiger partial charge in [0.1, 0.15) is 29.2 Å². The lowest BCUT2D eigenvalue weighted by molar-refractivity contribution is -0.158. The van der Waals surface area contributed by atoms with Gasteiger partial charge in [-0.1, -0.05) is 100 Å². The minimum atomic E-state index is -3.83. The lowest BCUT2D eigenvalue weighted by Crippen LogP contribution is -2.50. The molecular formula is C47H59N3O8S2. The number of amides is 2. The number of esters is 1. The van der Waals surface area contributed by atoms with Crippen molar-refractivity contribution in [1.82, 2.24) is 10.6 Å². The number of ether oxygens (including phenoxy) is 2. The van der Waals surface area contributed by atoms with Gasteiger partial charge in [-0.3, -0.25) is 9.59 Å². The molecule has 5 rings (SSSR count). The first-order valence-electron chi connectivity index (χ1n) is 20.6. The van der Waals surface area contributed by atoms with Crippen molar-refractivity contribution in [3.63, 3.8) is 0 Å². The van der Waals surface area contributed by atoms with Crippen LogP contribution in [0.15, 0.2) is 107 Å². The van der Waals surface area contributed by atoms with Crippen LogP contribution in [0.25, 0.3) is 0 Å². The van der Waals surface area contributed by atoms with Crippen LogP contribution in [0, 0.1) is 5.41 Å². The number of thioether (sulfide) groups is 1. The summed E-state index contributed by atoms with van der Waals surface area (Å²) in [7, 11) is -3.83. The Kier molecular flexibility index (Phi) is 15.7. The second kappa shape index (κ2) is 20.5. The minimum absolute atomic E-state index is 0.000223. The molecule has 2 amide bonds. The highest BCUT2D eigenvalue weighted by Crippen LogP contribution is 2.47. The number of nitrogens with one attached hydrogen (secondary N) is 2. The highest BCUT2D eigenvalue weighted by molar-refractivity contribution is 7.98. The Hall–Kier alpha value is -5.01. The number of aromatic hydroxyl groups is 1. The quantitative estimate of drug-likeness (QED) is 0.0655. The molecule has 2 atom stereocenters. The number of para-hydroxylation sites is 1. The number of phenols is 1. The van der Waals surface area contributed by atoms with E-state index in [-0.39, 0.29) is 28.6 Å². The SMILES string of the molecule is CCCCC1(CCCC)CN(c2ccccc2)c2cc(SC)c(OCC(=O)N[C@@H](C(=O)N[C@H](Cc3ccc(O)cc3)C(=O)OC(C)(C)C)c3ccccc3)cc2S(=O)(=O)C1. The van der Waals surface area contributed by atoms with Crippen LogP contribution in [0.3, 0.4) is 0 Å². The number of hydrogen-bond donors (Lipinski definition) is 3. The Labute approximate surface area is 359 Å². The zero-order chi connectivity index (χ0) is 43.5. The summed E-state index contributed by atoms with van der Waals surface area (Å²) in [6, 6.07) is 25.8. The summed E-state index contributed by atoms with van der Waals surface area (Å²) in [5.74, 6) is -1.65. The summed E-state index contributed by atoms with van der Waals surface area (Å²) in [6.45, 7) is 9.47. The van der Waals surface area contributed by atoms with Crippen molar-refractivity contribution in [1.29, 1.82) is 0 Å². The van der Waals surface area contributed by atoms with Gasteiger partial charge in [0.25, 0.3) is 5.91 Å². The maximum Gasteiger partial charge on any atom is 0.329 e. The summed E-state index contributed by atoms with van der Waals surface area (Å²) < 4.78 is 40.9. The maximum atomic E-state index is 14.6. The van der Waals surface area contributed by atoms with Crippen LogP contribution >= 0.6 is 11.8 Å². The van der Waals surface area contributed by atoms with Crippen LogP contribution in [0.4, 0.5) is 11.4 Å². The van der Waals surface area contributed by atoms with Crippen molar-refractivity contribution in [3.8, 4) is 11.5 Å². The first kappa shape index (κ1) is 46.1. The molecule has 1 aliphatic heterocycles. The lowest BCUT2D eigenvalue weighted by Gasteiger charge is -2.37. The molecule has 0 spiro atoms. The van der Waals surface area contributed by atoms with Crippen LogP contribution in [0.2, 0.25) is 0 Å². The summed E-state index contributed by atoms with van der Waals surface area (Å²) in [5, 5.41) is 15.4. The number of sulfone groups is 1. The highest BCUT2D eigenvalue weighted by atomic mass is 32.2. The number of nitrogens with zero attached hydrogens (tertiary/aromatic N) is 1. The molecule has 0 radical (unpaired) electrons. The molecule has 4 aromatic carbocycles. The molecule has 0 saturated heterocycles. The van der Waals surface area contributed by atoms with Crippen molar-refractivity contribution in [2.24, 2.45) is 5.41 Å². The van der Waals surface area contributed by atoms with E-state index in [1.165, 1.54) is 23.9 Å². The van der Waals surface area contributed by atoms with E-state index >= 15 is 0 Å². The average molecular weight is 858 g/mol. The molecule has 322 valence electrons. The Morgan fingerprint density at radius 1 is 0.883 bits per heavy atom. The van der Waals surface area contributed by atoms with E-state index in [1.54, 1.807) is 69.3 Å². The van der Waals surface area contributed by atoms with Crippen molar-refractivity contribution < 1.29 is 37.4 Å². The van der Waals surface area contributed by atoms with Gasteiger partial charge in [0.2, 0.25) is 5.91 Å². The monoisotopic (exact) mass is 857 g/mol. The largest absolute Gasteiger partial charge is 0.508 e. The van der Waals surface area contributed by atoms with Crippen LogP contribution in [0.1, 0.15) is 90.3 Å². The second-order valence-electron chi connectivity index (χ2n) is 16.5. The van der Waals surface area contributed by atoms with Gasteiger partial charge in [0.15, 0.2) is 16.4 Å². The Morgan fingerprint density at radius 3 is 2.08 bits per heavy atom. The molecule has 13 heteroatoms. The molecule has 0 aromatic heterocycles. The Morgan fingerprint density at radius 2 is 1.50 bits per heavy atom. The second-order valence-corrected chi connectivity index (χ2v) is 19.3. The molecule has 0 bridgehead atoms. The van der Waals surface area contributed by atoms with Gasteiger partial charge < -0.3 is 30.1 Å². The minimum Gasteiger partial charge on any atom is -0.508 e. The number of phenolic OH excluding ortho intramolecular Hbond substituents is 1. The molecule has 11 nitrogen and oxygen atoms in total. The third kappa shape index (κ3) is 12.3. The maximum absolute atomic E-state index is 14.6. The summed E-state index contributed by atoms with van der Waals surface area (Å²) >= 11 is 1.38. The van der Waals surface area contributed by atoms with E-state index in [2.05, 4.69) is 29.4 Å². The van der Waals surface area contributed by atoms with Crippen LogP contribution < -0.4 is 20.3 Å². The number of unbranched alkanes of at least 4 members (excludes halogenated alkanes) is 2. The Balaban J connectivity index is 1.43.